The van der Waals surface area contributed by atoms with Crippen LogP contribution in [0, 0.1) is 5.82 Å². The summed E-state index contributed by atoms with van der Waals surface area (Å²) in [7, 11) is 1.34. The van der Waals surface area contributed by atoms with E-state index in [9.17, 15) is 9.18 Å². The lowest BCUT2D eigenvalue weighted by atomic mass is 10.1. The van der Waals surface area contributed by atoms with Crippen molar-refractivity contribution >= 4 is 33.0 Å². The van der Waals surface area contributed by atoms with Gasteiger partial charge in [-0.1, -0.05) is 22.0 Å². The third kappa shape index (κ3) is 2.87. The molecule has 0 unspecified atom stereocenters. The Hall–Kier alpha value is -2.21. The van der Waals surface area contributed by atoms with Crippen LogP contribution in [0.3, 0.4) is 0 Å². The number of carbonyl (C=O) groups excluding carboxylic acids is 1. The first kappa shape index (κ1) is 14.7. The number of fused-ring (bicyclic) bond motifs is 1. The summed E-state index contributed by atoms with van der Waals surface area (Å²) in [5.41, 5.74) is 2.15. The highest BCUT2D eigenvalue weighted by molar-refractivity contribution is 9.10. The molecule has 0 bridgehead atoms. The van der Waals surface area contributed by atoms with Gasteiger partial charge in [0.1, 0.15) is 11.3 Å². The van der Waals surface area contributed by atoms with Gasteiger partial charge in [-0.25, -0.2) is 9.37 Å². The number of aromatic nitrogens is 1. The molecule has 1 heterocycles. The highest BCUT2D eigenvalue weighted by atomic mass is 79.9. The van der Waals surface area contributed by atoms with Crippen LogP contribution in [0.15, 0.2) is 45.3 Å². The summed E-state index contributed by atoms with van der Waals surface area (Å²) in [4.78, 5) is 15.6. The maximum absolute atomic E-state index is 14.0. The normalized spacial score (nSPS) is 10.9. The summed E-state index contributed by atoms with van der Waals surface area (Å²) in [6.45, 7) is 0. The van der Waals surface area contributed by atoms with Crippen LogP contribution in [-0.2, 0) is 16.0 Å². The molecule has 0 N–H and O–H groups in total. The smallest absolute Gasteiger partial charge is 0.309 e. The van der Waals surface area contributed by atoms with Crippen molar-refractivity contribution in [1.29, 1.82) is 0 Å². The van der Waals surface area contributed by atoms with Crippen LogP contribution < -0.4 is 0 Å². The van der Waals surface area contributed by atoms with Crippen LogP contribution in [0.5, 0.6) is 0 Å². The topological polar surface area (TPSA) is 52.3 Å². The van der Waals surface area contributed by atoms with E-state index in [0.29, 0.717) is 15.6 Å². The number of hydrogen-bond donors (Lipinski definition) is 0. The van der Waals surface area contributed by atoms with Gasteiger partial charge >= 0.3 is 5.97 Å². The predicted octanol–water partition coefficient (Wildman–Crippen LogP) is 4.11. The number of ether oxygens (including phenoxy) is 1. The second-order valence-electron chi connectivity index (χ2n) is 4.70. The third-order valence-electron chi connectivity index (χ3n) is 3.19. The fourth-order valence-corrected chi connectivity index (χ4v) is 2.43. The molecule has 2 aromatic carbocycles. The summed E-state index contributed by atoms with van der Waals surface area (Å²) in [6.07, 6.45) is 0.154. The minimum absolute atomic E-state index is 0.154. The molecule has 0 spiro atoms. The number of rotatable bonds is 3. The minimum atomic E-state index is -0.421. The maximum atomic E-state index is 14.0. The number of methoxy groups -OCH3 is 1. The van der Waals surface area contributed by atoms with Crippen molar-refractivity contribution in [3.8, 4) is 11.5 Å². The van der Waals surface area contributed by atoms with Gasteiger partial charge in [0.05, 0.1) is 19.1 Å². The van der Waals surface area contributed by atoms with Crippen molar-refractivity contribution in [1.82, 2.24) is 4.98 Å². The van der Waals surface area contributed by atoms with Crippen molar-refractivity contribution in [2.75, 3.05) is 7.11 Å². The Morgan fingerprint density at radius 2 is 2.14 bits per heavy atom. The van der Waals surface area contributed by atoms with Gasteiger partial charge in [0.2, 0.25) is 5.89 Å². The van der Waals surface area contributed by atoms with Crippen molar-refractivity contribution in [3.63, 3.8) is 0 Å². The second-order valence-corrected chi connectivity index (χ2v) is 5.61. The van der Waals surface area contributed by atoms with Crippen molar-refractivity contribution in [3.05, 3.63) is 52.3 Å². The molecule has 0 saturated carbocycles. The molecule has 1 aromatic heterocycles. The number of benzene rings is 2. The van der Waals surface area contributed by atoms with Gasteiger partial charge in [0.15, 0.2) is 5.58 Å². The molecule has 0 aliphatic carbocycles. The van der Waals surface area contributed by atoms with Gasteiger partial charge in [-0.2, -0.15) is 0 Å². The van der Waals surface area contributed by atoms with E-state index in [1.807, 2.05) is 0 Å². The Morgan fingerprint density at radius 1 is 1.32 bits per heavy atom. The first-order valence-electron chi connectivity index (χ1n) is 6.48. The maximum Gasteiger partial charge on any atom is 0.309 e. The standard InChI is InChI=1S/C16H11BrFNO3/c1-21-15(20)7-9-2-5-14-13(6-9)19-16(22-14)11-4-3-10(17)8-12(11)18/h2-6,8H,7H2,1H3. The van der Waals surface area contributed by atoms with E-state index < -0.39 is 5.82 Å². The van der Waals surface area contributed by atoms with Gasteiger partial charge in [-0.05, 0) is 35.9 Å². The first-order chi connectivity index (χ1) is 10.6. The van der Waals surface area contributed by atoms with E-state index in [2.05, 4.69) is 25.7 Å². The fraction of sp³-hybridized carbons (Fsp3) is 0.125. The number of esters is 1. The highest BCUT2D eigenvalue weighted by Crippen LogP contribution is 2.28. The van der Waals surface area contributed by atoms with Crippen LogP contribution in [0.2, 0.25) is 0 Å². The molecule has 22 heavy (non-hydrogen) atoms. The van der Waals surface area contributed by atoms with Gasteiger partial charge in [0.25, 0.3) is 0 Å². The summed E-state index contributed by atoms with van der Waals surface area (Å²) < 4.78 is 24.8. The lowest BCUT2D eigenvalue weighted by molar-refractivity contribution is -0.139. The summed E-state index contributed by atoms with van der Waals surface area (Å²) in [5.74, 6) is -0.548. The molecule has 0 fully saturated rings. The van der Waals surface area contributed by atoms with E-state index in [0.717, 1.165) is 5.56 Å². The molecule has 0 aliphatic heterocycles. The average molecular weight is 364 g/mol. The van der Waals surface area contributed by atoms with Crippen molar-refractivity contribution < 1.29 is 18.3 Å². The Labute approximate surface area is 134 Å². The molecule has 3 aromatic rings. The molecule has 0 atom stereocenters. The van der Waals surface area contributed by atoms with Crippen molar-refractivity contribution in [2.45, 2.75) is 6.42 Å². The van der Waals surface area contributed by atoms with Gasteiger partial charge in [-0.15, -0.1) is 0 Å². The SMILES string of the molecule is COC(=O)Cc1ccc2oc(-c3ccc(Br)cc3F)nc2c1. The van der Waals surface area contributed by atoms with E-state index in [4.69, 9.17) is 4.42 Å². The Kier molecular flexibility index (Phi) is 3.94. The van der Waals surface area contributed by atoms with Crippen LogP contribution in [-0.4, -0.2) is 18.1 Å². The molecular weight excluding hydrogens is 353 g/mol. The summed E-state index contributed by atoms with van der Waals surface area (Å²) in [6, 6.07) is 9.87. The molecule has 3 rings (SSSR count). The van der Waals surface area contributed by atoms with Crippen LogP contribution >= 0.6 is 15.9 Å². The number of halogens is 2. The zero-order valence-electron chi connectivity index (χ0n) is 11.6. The van der Waals surface area contributed by atoms with E-state index >= 15 is 0 Å². The van der Waals surface area contributed by atoms with Crippen molar-refractivity contribution in [2.24, 2.45) is 0 Å². The van der Waals surface area contributed by atoms with Crippen LogP contribution in [0.4, 0.5) is 4.39 Å². The lowest BCUT2D eigenvalue weighted by Crippen LogP contribution is -2.04. The molecule has 4 nitrogen and oxygen atoms in total. The molecule has 6 heteroatoms. The molecule has 0 aliphatic rings. The number of hydrogen-bond acceptors (Lipinski definition) is 4. The Balaban J connectivity index is 2.00. The quantitative estimate of drug-likeness (QED) is 0.657. The van der Waals surface area contributed by atoms with Gasteiger partial charge < -0.3 is 9.15 Å². The largest absolute Gasteiger partial charge is 0.469 e. The zero-order valence-corrected chi connectivity index (χ0v) is 13.2. The molecule has 0 radical (unpaired) electrons. The second kappa shape index (κ2) is 5.88. The fourth-order valence-electron chi connectivity index (χ4n) is 2.10. The number of nitrogens with zero attached hydrogens (tertiary/aromatic N) is 1. The molecular formula is C16H11BrFNO3. The van der Waals surface area contributed by atoms with Crippen LogP contribution in [0.25, 0.3) is 22.6 Å². The Morgan fingerprint density at radius 3 is 2.86 bits per heavy atom. The Bertz CT molecular complexity index is 860. The first-order valence-corrected chi connectivity index (χ1v) is 7.28. The summed E-state index contributed by atoms with van der Waals surface area (Å²) >= 11 is 3.21. The van der Waals surface area contributed by atoms with Gasteiger partial charge in [0, 0.05) is 4.47 Å². The lowest BCUT2D eigenvalue weighted by Gasteiger charge is -1.98. The third-order valence-corrected chi connectivity index (χ3v) is 3.68. The number of oxazole rings is 1. The monoisotopic (exact) mass is 363 g/mol. The zero-order chi connectivity index (χ0) is 15.7. The van der Waals surface area contributed by atoms with E-state index in [-0.39, 0.29) is 23.8 Å². The van der Waals surface area contributed by atoms with E-state index in [1.54, 1.807) is 30.3 Å². The minimum Gasteiger partial charge on any atom is -0.469 e. The molecule has 0 saturated heterocycles. The van der Waals surface area contributed by atoms with Gasteiger partial charge in [-0.3, -0.25) is 4.79 Å². The van der Waals surface area contributed by atoms with E-state index in [1.165, 1.54) is 13.2 Å². The molecule has 112 valence electrons. The predicted molar refractivity (Wildman–Crippen MR) is 82.8 cm³/mol. The number of carbonyl (C=O) groups is 1. The summed E-state index contributed by atoms with van der Waals surface area (Å²) in [5, 5.41) is 0. The van der Waals surface area contributed by atoms with Crippen LogP contribution in [0.1, 0.15) is 5.56 Å². The molecule has 0 amide bonds. The average Bonchev–Trinajstić information content (AvgIpc) is 2.89. The highest BCUT2D eigenvalue weighted by Gasteiger charge is 2.14.